The molecule has 0 radical (unpaired) electrons. The summed E-state index contributed by atoms with van der Waals surface area (Å²) in [5.41, 5.74) is 1.17. The minimum absolute atomic E-state index is 0.0540. The molecule has 2 aromatic carbocycles. The molecule has 0 aliphatic heterocycles. The van der Waals surface area contributed by atoms with Crippen LogP contribution in [-0.2, 0) is 4.74 Å². The second kappa shape index (κ2) is 6.65. The number of carbonyl (C=O) groups is 1. The molecule has 1 atom stereocenters. The van der Waals surface area contributed by atoms with Gasteiger partial charge in [-0.2, -0.15) is 0 Å². The van der Waals surface area contributed by atoms with Crippen LogP contribution in [-0.4, -0.2) is 10.9 Å². The number of nitro groups is 1. The van der Waals surface area contributed by atoms with Crippen molar-refractivity contribution >= 4 is 11.7 Å². The third-order valence-corrected chi connectivity index (χ3v) is 3.11. The van der Waals surface area contributed by atoms with E-state index in [1.807, 2.05) is 37.3 Å². The molecule has 0 N–H and O–H groups in total. The van der Waals surface area contributed by atoms with Gasteiger partial charge in [0, 0.05) is 12.1 Å². The Morgan fingerprint density at radius 3 is 2.29 bits per heavy atom. The average Bonchev–Trinajstić information content (AvgIpc) is 2.53. The molecular weight excluding hydrogens is 270 g/mol. The molecule has 5 heteroatoms. The van der Waals surface area contributed by atoms with E-state index in [1.165, 1.54) is 24.3 Å². The number of carbonyl (C=O) groups excluding carboxylic acids is 1. The van der Waals surface area contributed by atoms with E-state index in [4.69, 9.17) is 4.74 Å². The number of benzene rings is 2. The summed E-state index contributed by atoms with van der Waals surface area (Å²) in [5, 5.41) is 10.6. The Morgan fingerprint density at radius 2 is 1.76 bits per heavy atom. The molecule has 0 aliphatic rings. The van der Waals surface area contributed by atoms with Crippen LogP contribution >= 0.6 is 0 Å². The van der Waals surface area contributed by atoms with E-state index in [2.05, 4.69) is 0 Å². The topological polar surface area (TPSA) is 69.4 Å². The number of ether oxygens (including phenoxy) is 1. The highest BCUT2D eigenvalue weighted by Gasteiger charge is 2.17. The van der Waals surface area contributed by atoms with Gasteiger partial charge in [0.1, 0.15) is 6.10 Å². The van der Waals surface area contributed by atoms with Gasteiger partial charge in [0.2, 0.25) is 0 Å². The lowest BCUT2D eigenvalue weighted by atomic mass is 10.1. The highest BCUT2D eigenvalue weighted by atomic mass is 16.6. The zero-order valence-electron chi connectivity index (χ0n) is 11.6. The number of nitro benzene ring substituents is 1. The van der Waals surface area contributed by atoms with E-state index in [-0.39, 0.29) is 11.8 Å². The summed E-state index contributed by atoms with van der Waals surface area (Å²) in [6.07, 6.45) is 0.330. The summed E-state index contributed by atoms with van der Waals surface area (Å²) in [6.45, 7) is 1.93. The summed E-state index contributed by atoms with van der Waals surface area (Å²) < 4.78 is 5.46. The number of rotatable bonds is 5. The fraction of sp³-hybridized carbons (Fsp3) is 0.188. The number of nitrogens with zero attached hydrogens (tertiary/aromatic N) is 1. The molecule has 5 nitrogen and oxygen atoms in total. The van der Waals surface area contributed by atoms with Crippen molar-refractivity contribution in [1.82, 2.24) is 0 Å². The molecule has 0 saturated heterocycles. The third kappa shape index (κ3) is 3.66. The second-order valence-corrected chi connectivity index (χ2v) is 4.52. The Hall–Kier alpha value is -2.69. The molecule has 0 aromatic heterocycles. The number of hydrogen-bond donors (Lipinski definition) is 0. The smallest absolute Gasteiger partial charge is 0.338 e. The summed E-state index contributed by atoms with van der Waals surface area (Å²) in [4.78, 5) is 22.2. The standard InChI is InChI=1S/C16H15NO4/c1-2-15(12-6-4-3-5-7-12)21-16(18)13-8-10-14(11-9-13)17(19)20/h3-11,15H,2H2,1H3/t15-/m1/s1. The fourth-order valence-corrected chi connectivity index (χ4v) is 1.97. The monoisotopic (exact) mass is 285 g/mol. The van der Waals surface area contributed by atoms with E-state index in [0.29, 0.717) is 12.0 Å². The Kier molecular flexibility index (Phi) is 4.66. The number of non-ortho nitro benzene ring substituents is 1. The lowest BCUT2D eigenvalue weighted by molar-refractivity contribution is -0.384. The molecule has 0 spiro atoms. The van der Waals surface area contributed by atoms with Crippen LogP contribution in [0.4, 0.5) is 5.69 Å². The van der Waals surface area contributed by atoms with Crippen molar-refractivity contribution in [2.75, 3.05) is 0 Å². The lowest BCUT2D eigenvalue weighted by Gasteiger charge is -2.16. The van der Waals surface area contributed by atoms with Crippen molar-refractivity contribution in [3.8, 4) is 0 Å². The molecule has 2 aromatic rings. The van der Waals surface area contributed by atoms with Gasteiger partial charge in [0.25, 0.3) is 5.69 Å². The molecule has 0 saturated carbocycles. The zero-order chi connectivity index (χ0) is 15.2. The van der Waals surface area contributed by atoms with Crippen LogP contribution in [0.3, 0.4) is 0 Å². The average molecular weight is 285 g/mol. The molecule has 2 rings (SSSR count). The summed E-state index contributed by atoms with van der Waals surface area (Å²) in [5.74, 6) is -0.486. The Balaban J connectivity index is 2.11. The first-order chi connectivity index (χ1) is 10.1. The number of hydrogen-bond acceptors (Lipinski definition) is 4. The molecule has 0 amide bonds. The van der Waals surface area contributed by atoms with E-state index < -0.39 is 10.9 Å². The van der Waals surface area contributed by atoms with Crippen molar-refractivity contribution in [1.29, 1.82) is 0 Å². The van der Waals surface area contributed by atoms with Crippen molar-refractivity contribution in [2.45, 2.75) is 19.4 Å². The molecular formula is C16H15NO4. The molecule has 108 valence electrons. The quantitative estimate of drug-likeness (QED) is 0.474. The maximum atomic E-state index is 12.1. The minimum atomic E-state index is -0.506. The van der Waals surface area contributed by atoms with Gasteiger partial charge in [-0.15, -0.1) is 0 Å². The van der Waals surface area contributed by atoms with Crippen molar-refractivity contribution in [3.05, 3.63) is 75.8 Å². The minimum Gasteiger partial charge on any atom is -0.454 e. The first-order valence-electron chi connectivity index (χ1n) is 6.62. The van der Waals surface area contributed by atoms with E-state index in [9.17, 15) is 14.9 Å². The van der Waals surface area contributed by atoms with Gasteiger partial charge in [-0.05, 0) is 24.1 Å². The Labute approximate surface area is 122 Å². The van der Waals surface area contributed by atoms with E-state index >= 15 is 0 Å². The Morgan fingerprint density at radius 1 is 1.14 bits per heavy atom. The molecule has 0 fully saturated rings. The van der Waals surface area contributed by atoms with Crippen LogP contribution in [0.1, 0.15) is 35.4 Å². The summed E-state index contributed by atoms with van der Waals surface area (Å²) in [6, 6.07) is 14.9. The SMILES string of the molecule is CC[C@@H](OC(=O)c1ccc([N+](=O)[O-])cc1)c1ccccc1. The molecule has 0 heterocycles. The van der Waals surface area contributed by atoms with E-state index in [1.54, 1.807) is 0 Å². The lowest BCUT2D eigenvalue weighted by Crippen LogP contribution is -2.11. The molecule has 0 bridgehead atoms. The van der Waals surface area contributed by atoms with Crippen molar-refractivity contribution in [3.63, 3.8) is 0 Å². The summed E-state index contributed by atoms with van der Waals surface area (Å²) >= 11 is 0. The number of esters is 1. The fourth-order valence-electron chi connectivity index (χ4n) is 1.97. The van der Waals surface area contributed by atoms with Gasteiger partial charge in [-0.25, -0.2) is 4.79 Å². The van der Waals surface area contributed by atoms with Gasteiger partial charge in [0.05, 0.1) is 10.5 Å². The van der Waals surface area contributed by atoms with Crippen LogP contribution in [0.2, 0.25) is 0 Å². The third-order valence-electron chi connectivity index (χ3n) is 3.11. The first-order valence-corrected chi connectivity index (χ1v) is 6.62. The Bertz CT molecular complexity index is 622. The predicted molar refractivity (Wildman–Crippen MR) is 78.0 cm³/mol. The normalized spacial score (nSPS) is 11.7. The van der Waals surface area contributed by atoms with Gasteiger partial charge in [-0.1, -0.05) is 37.3 Å². The van der Waals surface area contributed by atoms with Gasteiger partial charge in [-0.3, -0.25) is 10.1 Å². The zero-order valence-corrected chi connectivity index (χ0v) is 11.6. The molecule has 0 aliphatic carbocycles. The van der Waals surface area contributed by atoms with Gasteiger partial charge < -0.3 is 4.74 Å². The van der Waals surface area contributed by atoms with Gasteiger partial charge in [0.15, 0.2) is 0 Å². The predicted octanol–water partition coefficient (Wildman–Crippen LogP) is 3.90. The molecule has 0 unspecified atom stereocenters. The van der Waals surface area contributed by atoms with Crippen LogP contribution in [0, 0.1) is 10.1 Å². The van der Waals surface area contributed by atoms with Crippen LogP contribution in [0.5, 0.6) is 0 Å². The second-order valence-electron chi connectivity index (χ2n) is 4.52. The van der Waals surface area contributed by atoms with Crippen molar-refractivity contribution in [2.24, 2.45) is 0 Å². The molecule has 21 heavy (non-hydrogen) atoms. The van der Waals surface area contributed by atoms with Crippen LogP contribution in [0.15, 0.2) is 54.6 Å². The first kappa shape index (κ1) is 14.7. The van der Waals surface area contributed by atoms with Gasteiger partial charge >= 0.3 is 5.97 Å². The van der Waals surface area contributed by atoms with E-state index in [0.717, 1.165) is 5.56 Å². The van der Waals surface area contributed by atoms with Crippen molar-refractivity contribution < 1.29 is 14.5 Å². The summed E-state index contributed by atoms with van der Waals surface area (Å²) in [7, 11) is 0. The van der Waals surface area contributed by atoms with Crippen LogP contribution in [0.25, 0.3) is 0 Å². The maximum absolute atomic E-state index is 12.1. The maximum Gasteiger partial charge on any atom is 0.338 e. The van der Waals surface area contributed by atoms with Crippen LogP contribution < -0.4 is 0 Å². The highest BCUT2D eigenvalue weighted by molar-refractivity contribution is 5.89. The largest absolute Gasteiger partial charge is 0.454 e. The highest BCUT2D eigenvalue weighted by Crippen LogP contribution is 2.22.